The van der Waals surface area contributed by atoms with Gasteiger partial charge in [0.05, 0.1) is 13.2 Å². The first-order valence-corrected chi connectivity index (χ1v) is 6.34. The van der Waals surface area contributed by atoms with Gasteiger partial charge in [-0.15, -0.1) is 0 Å². The molecule has 1 aliphatic rings. The molecule has 17 heavy (non-hydrogen) atoms. The van der Waals surface area contributed by atoms with E-state index in [9.17, 15) is 5.11 Å². The number of benzene rings is 1. The van der Waals surface area contributed by atoms with E-state index in [0.717, 1.165) is 31.6 Å². The Morgan fingerprint density at radius 2 is 2.18 bits per heavy atom. The number of hydrogen-bond acceptors (Lipinski definition) is 3. The molecule has 0 radical (unpaired) electrons. The third-order valence-corrected chi connectivity index (χ3v) is 3.43. The summed E-state index contributed by atoms with van der Waals surface area (Å²) in [5.74, 6) is 0.883. The van der Waals surface area contributed by atoms with Crippen molar-refractivity contribution < 1.29 is 9.84 Å². The third kappa shape index (κ3) is 3.45. The zero-order valence-electron chi connectivity index (χ0n) is 10.4. The minimum Gasteiger partial charge on any atom is -0.497 e. The normalized spacial score (nSPS) is 24.6. The average Bonchev–Trinajstić information content (AvgIpc) is 2.38. The number of methoxy groups -OCH3 is 1. The molecule has 2 atom stereocenters. The van der Waals surface area contributed by atoms with Crippen LogP contribution in [0.1, 0.15) is 31.2 Å². The molecule has 3 heteroatoms. The van der Waals surface area contributed by atoms with Crippen molar-refractivity contribution in [2.45, 2.75) is 44.4 Å². The average molecular weight is 235 g/mol. The Morgan fingerprint density at radius 3 is 2.94 bits per heavy atom. The second kappa shape index (κ2) is 6.03. The van der Waals surface area contributed by atoms with Crippen LogP contribution in [0.2, 0.25) is 0 Å². The van der Waals surface area contributed by atoms with Gasteiger partial charge in [-0.05, 0) is 30.5 Å². The highest BCUT2D eigenvalue weighted by Crippen LogP contribution is 2.19. The highest BCUT2D eigenvalue weighted by Gasteiger charge is 2.21. The molecule has 0 amide bonds. The van der Waals surface area contributed by atoms with E-state index in [0.29, 0.717) is 0 Å². The lowest BCUT2D eigenvalue weighted by molar-refractivity contribution is 0.0902. The van der Waals surface area contributed by atoms with Crippen LogP contribution >= 0.6 is 0 Å². The third-order valence-electron chi connectivity index (χ3n) is 3.43. The van der Waals surface area contributed by atoms with Gasteiger partial charge in [-0.3, -0.25) is 0 Å². The van der Waals surface area contributed by atoms with Crippen molar-refractivity contribution in [3.05, 3.63) is 29.8 Å². The van der Waals surface area contributed by atoms with Crippen LogP contribution in [0, 0.1) is 0 Å². The minimum atomic E-state index is -0.186. The summed E-state index contributed by atoms with van der Waals surface area (Å²) in [5, 5.41) is 13.3. The van der Waals surface area contributed by atoms with Crippen LogP contribution in [-0.4, -0.2) is 24.4 Å². The molecular weight excluding hydrogens is 214 g/mol. The van der Waals surface area contributed by atoms with Gasteiger partial charge in [-0.1, -0.05) is 25.0 Å². The molecule has 94 valence electrons. The van der Waals surface area contributed by atoms with Gasteiger partial charge in [-0.25, -0.2) is 0 Å². The molecule has 1 aromatic carbocycles. The Balaban J connectivity index is 1.88. The molecule has 2 N–H and O–H groups in total. The number of nitrogens with one attached hydrogen (secondary N) is 1. The van der Waals surface area contributed by atoms with Crippen LogP contribution in [0.4, 0.5) is 0 Å². The standard InChI is InChI=1S/C14H21NO2/c1-17-12-6-4-5-11(9-12)10-15-13-7-2-3-8-14(13)16/h4-6,9,13-16H,2-3,7-8,10H2,1H3. The minimum absolute atomic E-state index is 0.186. The van der Waals surface area contributed by atoms with Gasteiger partial charge < -0.3 is 15.2 Å². The van der Waals surface area contributed by atoms with E-state index in [1.165, 1.54) is 12.0 Å². The number of aliphatic hydroxyl groups is 1. The number of hydrogen-bond donors (Lipinski definition) is 2. The maximum Gasteiger partial charge on any atom is 0.119 e. The first-order chi connectivity index (χ1) is 8.29. The largest absolute Gasteiger partial charge is 0.497 e. The molecule has 0 aliphatic heterocycles. The zero-order valence-corrected chi connectivity index (χ0v) is 10.4. The van der Waals surface area contributed by atoms with Crippen molar-refractivity contribution in [2.75, 3.05) is 7.11 Å². The maximum absolute atomic E-state index is 9.86. The van der Waals surface area contributed by atoms with Crippen LogP contribution in [0.5, 0.6) is 5.75 Å². The number of aliphatic hydroxyl groups excluding tert-OH is 1. The van der Waals surface area contributed by atoms with E-state index in [4.69, 9.17) is 4.74 Å². The van der Waals surface area contributed by atoms with E-state index in [-0.39, 0.29) is 12.1 Å². The van der Waals surface area contributed by atoms with Crippen molar-refractivity contribution in [1.82, 2.24) is 5.32 Å². The summed E-state index contributed by atoms with van der Waals surface area (Å²) in [6, 6.07) is 8.29. The molecule has 0 bridgehead atoms. The van der Waals surface area contributed by atoms with Crippen molar-refractivity contribution in [3.8, 4) is 5.75 Å². The summed E-state index contributed by atoms with van der Waals surface area (Å²) in [6.45, 7) is 0.791. The Kier molecular flexibility index (Phi) is 4.40. The van der Waals surface area contributed by atoms with Gasteiger partial charge in [0.15, 0.2) is 0 Å². The zero-order chi connectivity index (χ0) is 12.1. The summed E-state index contributed by atoms with van der Waals surface area (Å²) in [4.78, 5) is 0. The van der Waals surface area contributed by atoms with E-state index < -0.39 is 0 Å². The van der Waals surface area contributed by atoms with Crippen molar-refractivity contribution in [2.24, 2.45) is 0 Å². The summed E-state index contributed by atoms with van der Waals surface area (Å²) in [7, 11) is 1.68. The van der Waals surface area contributed by atoms with Gasteiger partial charge >= 0.3 is 0 Å². The van der Waals surface area contributed by atoms with Crippen molar-refractivity contribution in [3.63, 3.8) is 0 Å². The van der Waals surface area contributed by atoms with Gasteiger partial charge in [0, 0.05) is 12.6 Å². The molecule has 3 nitrogen and oxygen atoms in total. The summed E-state index contributed by atoms with van der Waals surface area (Å²) < 4.78 is 5.19. The SMILES string of the molecule is COc1cccc(CNC2CCCCC2O)c1. The fraction of sp³-hybridized carbons (Fsp3) is 0.571. The van der Waals surface area contributed by atoms with E-state index in [2.05, 4.69) is 11.4 Å². The van der Waals surface area contributed by atoms with Crippen LogP contribution in [0.25, 0.3) is 0 Å². The molecule has 0 saturated heterocycles. The molecule has 1 aliphatic carbocycles. The van der Waals surface area contributed by atoms with Gasteiger partial charge in [0.2, 0.25) is 0 Å². The highest BCUT2D eigenvalue weighted by atomic mass is 16.5. The smallest absolute Gasteiger partial charge is 0.119 e. The molecule has 1 saturated carbocycles. The molecule has 0 spiro atoms. The maximum atomic E-state index is 9.86. The van der Waals surface area contributed by atoms with Crippen LogP contribution < -0.4 is 10.1 Å². The number of ether oxygens (including phenoxy) is 1. The molecular formula is C14H21NO2. The van der Waals surface area contributed by atoms with E-state index in [1.54, 1.807) is 7.11 Å². The number of rotatable bonds is 4. The summed E-state index contributed by atoms with van der Waals surface area (Å²) in [5.41, 5.74) is 1.20. The Labute approximate surface area is 103 Å². The molecule has 1 fully saturated rings. The van der Waals surface area contributed by atoms with Crippen molar-refractivity contribution in [1.29, 1.82) is 0 Å². The monoisotopic (exact) mass is 235 g/mol. The lowest BCUT2D eigenvalue weighted by atomic mass is 9.92. The molecule has 0 heterocycles. The van der Waals surface area contributed by atoms with Crippen LogP contribution in [-0.2, 0) is 6.54 Å². The topological polar surface area (TPSA) is 41.5 Å². The lowest BCUT2D eigenvalue weighted by Gasteiger charge is -2.28. The first kappa shape index (κ1) is 12.4. The molecule has 2 unspecified atom stereocenters. The summed E-state index contributed by atoms with van der Waals surface area (Å²) >= 11 is 0. The summed E-state index contributed by atoms with van der Waals surface area (Å²) in [6.07, 6.45) is 4.18. The second-order valence-electron chi connectivity index (χ2n) is 4.69. The lowest BCUT2D eigenvalue weighted by Crippen LogP contribution is -2.41. The highest BCUT2D eigenvalue weighted by molar-refractivity contribution is 5.28. The molecule has 2 rings (SSSR count). The Hall–Kier alpha value is -1.06. The van der Waals surface area contributed by atoms with Crippen LogP contribution in [0.3, 0.4) is 0 Å². The second-order valence-corrected chi connectivity index (χ2v) is 4.69. The first-order valence-electron chi connectivity index (χ1n) is 6.34. The van der Waals surface area contributed by atoms with Gasteiger partial charge in [-0.2, -0.15) is 0 Å². The van der Waals surface area contributed by atoms with Crippen molar-refractivity contribution >= 4 is 0 Å². The van der Waals surface area contributed by atoms with Gasteiger partial charge in [0.25, 0.3) is 0 Å². The Morgan fingerprint density at radius 1 is 1.35 bits per heavy atom. The molecule has 1 aromatic rings. The van der Waals surface area contributed by atoms with E-state index in [1.807, 2.05) is 18.2 Å². The fourth-order valence-electron chi connectivity index (χ4n) is 2.38. The fourth-order valence-corrected chi connectivity index (χ4v) is 2.38. The van der Waals surface area contributed by atoms with Gasteiger partial charge in [0.1, 0.15) is 5.75 Å². The van der Waals surface area contributed by atoms with Crippen LogP contribution in [0.15, 0.2) is 24.3 Å². The molecule has 0 aromatic heterocycles. The quantitative estimate of drug-likeness (QED) is 0.839. The van der Waals surface area contributed by atoms with E-state index >= 15 is 0 Å². The predicted octanol–water partition coefficient (Wildman–Crippen LogP) is 2.09. The predicted molar refractivity (Wildman–Crippen MR) is 68.1 cm³/mol. The Bertz CT molecular complexity index is 354.